The standard InChI is InChI=1S/C14H14N2O2/c1-2-11-8-13(17)16-14(15-11)10-3-4-12-9(7-10)5-6-18-12/h3-4,7-8H,2,5-6H2,1H3,(H,15,16,17). The Labute approximate surface area is 105 Å². The Morgan fingerprint density at radius 1 is 1.39 bits per heavy atom. The van der Waals surface area contributed by atoms with Gasteiger partial charge in [0.05, 0.1) is 6.61 Å². The van der Waals surface area contributed by atoms with Crippen molar-refractivity contribution < 1.29 is 4.74 Å². The molecule has 1 aliphatic heterocycles. The molecule has 0 spiro atoms. The number of fused-ring (bicyclic) bond motifs is 1. The van der Waals surface area contributed by atoms with Crippen molar-refractivity contribution in [3.63, 3.8) is 0 Å². The second kappa shape index (κ2) is 4.29. The predicted octanol–water partition coefficient (Wildman–Crippen LogP) is 1.93. The third kappa shape index (κ3) is 1.90. The molecule has 1 N–H and O–H groups in total. The topological polar surface area (TPSA) is 55.0 Å². The van der Waals surface area contributed by atoms with Crippen molar-refractivity contribution in [3.05, 3.63) is 45.9 Å². The highest BCUT2D eigenvalue weighted by Gasteiger charge is 2.13. The lowest BCUT2D eigenvalue weighted by molar-refractivity contribution is 0.357. The molecule has 2 heterocycles. The van der Waals surface area contributed by atoms with Crippen LogP contribution in [0.3, 0.4) is 0 Å². The molecule has 92 valence electrons. The fraction of sp³-hybridized carbons (Fsp3) is 0.286. The van der Waals surface area contributed by atoms with Gasteiger partial charge in [0.2, 0.25) is 0 Å². The van der Waals surface area contributed by atoms with Crippen LogP contribution in [-0.2, 0) is 12.8 Å². The van der Waals surface area contributed by atoms with Crippen molar-refractivity contribution in [2.75, 3.05) is 6.61 Å². The quantitative estimate of drug-likeness (QED) is 0.875. The zero-order chi connectivity index (χ0) is 12.5. The molecule has 0 aliphatic carbocycles. The molecule has 0 saturated carbocycles. The summed E-state index contributed by atoms with van der Waals surface area (Å²) in [6.07, 6.45) is 1.67. The van der Waals surface area contributed by atoms with Crippen LogP contribution in [0.25, 0.3) is 11.4 Å². The highest BCUT2D eigenvalue weighted by atomic mass is 16.5. The Balaban J connectivity index is 2.09. The van der Waals surface area contributed by atoms with Crippen LogP contribution in [0, 0.1) is 0 Å². The first-order valence-electron chi connectivity index (χ1n) is 6.12. The average molecular weight is 242 g/mol. The molecule has 1 aromatic heterocycles. The molecule has 4 heteroatoms. The van der Waals surface area contributed by atoms with Gasteiger partial charge in [-0.2, -0.15) is 0 Å². The molecule has 0 bridgehead atoms. The minimum absolute atomic E-state index is 0.103. The Hall–Kier alpha value is -2.10. The van der Waals surface area contributed by atoms with Crippen LogP contribution < -0.4 is 10.3 Å². The van der Waals surface area contributed by atoms with Gasteiger partial charge in [-0.25, -0.2) is 4.98 Å². The minimum Gasteiger partial charge on any atom is -0.493 e. The molecule has 4 nitrogen and oxygen atoms in total. The van der Waals surface area contributed by atoms with Gasteiger partial charge >= 0.3 is 0 Å². The fourth-order valence-corrected chi connectivity index (χ4v) is 2.16. The van der Waals surface area contributed by atoms with E-state index < -0.39 is 0 Å². The van der Waals surface area contributed by atoms with E-state index in [0.717, 1.165) is 36.5 Å². The van der Waals surface area contributed by atoms with Gasteiger partial charge in [0, 0.05) is 23.7 Å². The van der Waals surface area contributed by atoms with E-state index in [4.69, 9.17) is 4.74 Å². The lowest BCUT2D eigenvalue weighted by Crippen LogP contribution is -2.09. The molecule has 0 atom stereocenters. The molecule has 0 unspecified atom stereocenters. The number of hydrogen-bond donors (Lipinski definition) is 1. The van der Waals surface area contributed by atoms with E-state index in [9.17, 15) is 4.79 Å². The van der Waals surface area contributed by atoms with Gasteiger partial charge in [-0.3, -0.25) is 4.79 Å². The van der Waals surface area contributed by atoms with Crippen LogP contribution >= 0.6 is 0 Å². The second-order valence-corrected chi connectivity index (χ2v) is 4.36. The molecular formula is C14H14N2O2. The van der Waals surface area contributed by atoms with Gasteiger partial charge in [-0.15, -0.1) is 0 Å². The van der Waals surface area contributed by atoms with Crippen molar-refractivity contribution in [2.24, 2.45) is 0 Å². The Morgan fingerprint density at radius 3 is 3.11 bits per heavy atom. The second-order valence-electron chi connectivity index (χ2n) is 4.36. The van der Waals surface area contributed by atoms with Gasteiger partial charge < -0.3 is 9.72 Å². The Morgan fingerprint density at radius 2 is 2.28 bits per heavy atom. The van der Waals surface area contributed by atoms with E-state index >= 15 is 0 Å². The van der Waals surface area contributed by atoms with Gasteiger partial charge in [0.1, 0.15) is 11.6 Å². The monoisotopic (exact) mass is 242 g/mol. The summed E-state index contributed by atoms with van der Waals surface area (Å²) in [4.78, 5) is 18.8. The van der Waals surface area contributed by atoms with Crippen molar-refractivity contribution >= 4 is 0 Å². The molecule has 1 aromatic carbocycles. The van der Waals surface area contributed by atoms with Gasteiger partial charge in [-0.1, -0.05) is 6.92 Å². The minimum atomic E-state index is -0.103. The zero-order valence-electron chi connectivity index (χ0n) is 10.2. The number of aromatic nitrogens is 2. The first-order chi connectivity index (χ1) is 8.76. The number of aromatic amines is 1. The average Bonchev–Trinajstić information content (AvgIpc) is 2.85. The van der Waals surface area contributed by atoms with E-state index in [0.29, 0.717) is 5.82 Å². The third-order valence-electron chi connectivity index (χ3n) is 3.12. The summed E-state index contributed by atoms with van der Waals surface area (Å²) >= 11 is 0. The number of aryl methyl sites for hydroxylation is 1. The van der Waals surface area contributed by atoms with E-state index in [-0.39, 0.29) is 5.56 Å². The highest BCUT2D eigenvalue weighted by molar-refractivity contribution is 5.59. The molecule has 0 saturated heterocycles. The van der Waals surface area contributed by atoms with Crippen LogP contribution in [0.4, 0.5) is 0 Å². The van der Waals surface area contributed by atoms with E-state index in [1.54, 1.807) is 6.07 Å². The third-order valence-corrected chi connectivity index (χ3v) is 3.12. The van der Waals surface area contributed by atoms with Crippen LogP contribution in [0.5, 0.6) is 5.75 Å². The highest BCUT2D eigenvalue weighted by Crippen LogP contribution is 2.28. The molecular weight excluding hydrogens is 228 g/mol. The van der Waals surface area contributed by atoms with Gasteiger partial charge in [0.15, 0.2) is 0 Å². The summed E-state index contributed by atoms with van der Waals surface area (Å²) in [6.45, 7) is 2.72. The van der Waals surface area contributed by atoms with Crippen LogP contribution in [-0.4, -0.2) is 16.6 Å². The van der Waals surface area contributed by atoms with Crippen molar-refractivity contribution in [3.8, 4) is 17.1 Å². The van der Waals surface area contributed by atoms with Crippen LogP contribution in [0.15, 0.2) is 29.1 Å². The molecule has 18 heavy (non-hydrogen) atoms. The molecule has 2 aromatic rings. The maximum atomic E-state index is 11.6. The van der Waals surface area contributed by atoms with Crippen LogP contribution in [0.1, 0.15) is 18.2 Å². The lowest BCUT2D eigenvalue weighted by Gasteiger charge is -2.05. The lowest BCUT2D eigenvalue weighted by atomic mass is 10.1. The number of nitrogens with zero attached hydrogens (tertiary/aromatic N) is 1. The maximum Gasteiger partial charge on any atom is 0.251 e. The largest absolute Gasteiger partial charge is 0.493 e. The number of rotatable bonds is 2. The Bertz CT molecular complexity index is 646. The van der Waals surface area contributed by atoms with Gasteiger partial charge in [0.25, 0.3) is 5.56 Å². The SMILES string of the molecule is CCc1cc(=O)[nH]c(-c2ccc3c(c2)CCO3)n1. The molecule has 0 amide bonds. The molecule has 0 fully saturated rings. The number of nitrogens with one attached hydrogen (secondary N) is 1. The molecule has 1 aliphatic rings. The Kier molecular flexibility index (Phi) is 2.63. The fourth-order valence-electron chi connectivity index (χ4n) is 2.16. The summed E-state index contributed by atoms with van der Waals surface area (Å²) in [7, 11) is 0. The summed E-state index contributed by atoms with van der Waals surface area (Å²) in [5.74, 6) is 1.57. The summed E-state index contributed by atoms with van der Waals surface area (Å²) < 4.78 is 5.47. The van der Waals surface area contributed by atoms with Crippen molar-refractivity contribution in [2.45, 2.75) is 19.8 Å². The van der Waals surface area contributed by atoms with E-state index in [2.05, 4.69) is 9.97 Å². The summed E-state index contributed by atoms with van der Waals surface area (Å²) in [6, 6.07) is 7.46. The maximum absolute atomic E-state index is 11.6. The first kappa shape index (κ1) is 11.0. The normalized spacial score (nSPS) is 13.2. The molecule has 0 radical (unpaired) electrons. The number of hydrogen-bond acceptors (Lipinski definition) is 3. The first-order valence-corrected chi connectivity index (χ1v) is 6.12. The zero-order valence-corrected chi connectivity index (χ0v) is 10.2. The van der Waals surface area contributed by atoms with Crippen LogP contribution in [0.2, 0.25) is 0 Å². The van der Waals surface area contributed by atoms with Gasteiger partial charge in [-0.05, 0) is 30.2 Å². The van der Waals surface area contributed by atoms with E-state index in [1.807, 2.05) is 25.1 Å². The van der Waals surface area contributed by atoms with Crippen molar-refractivity contribution in [1.82, 2.24) is 9.97 Å². The number of benzene rings is 1. The summed E-state index contributed by atoms with van der Waals surface area (Å²) in [5, 5.41) is 0. The van der Waals surface area contributed by atoms with Crippen molar-refractivity contribution in [1.29, 1.82) is 0 Å². The van der Waals surface area contributed by atoms with E-state index in [1.165, 1.54) is 5.56 Å². The smallest absolute Gasteiger partial charge is 0.251 e. The molecule has 3 rings (SSSR count). The summed E-state index contributed by atoms with van der Waals surface area (Å²) in [5.41, 5.74) is 2.82. The predicted molar refractivity (Wildman–Crippen MR) is 68.9 cm³/mol. The number of H-pyrrole nitrogens is 1. The number of ether oxygens (including phenoxy) is 1.